The number of aryl methyl sites for hydroxylation is 1. The van der Waals surface area contributed by atoms with Gasteiger partial charge >= 0.3 is 0 Å². The van der Waals surface area contributed by atoms with E-state index in [1.165, 1.54) is 25.3 Å². The van der Waals surface area contributed by atoms with Gasteiger partial charge in [0.2, 0.25) is 5.91 Å². The minimum Gasteiger partial charge on any atom is -0.368 e. The van der Waals surface area contributed by atoms with Gasteiger partial charge in [-0.2, -0.15) is 0 Å². The van der Waals surface area contributed by atoms with E-state index in [0.717, 1.165) is 0 Å². The summed E-state index contributed by atoms with van der Waals surface area (Å²) < 4.78 is 5.69. The van der Waals surface area contributed by atoms with Gasteiger partial charge in [0.25, 0.3) is 11.5 Å². The van der Waals surface area contributed by atoms with Crippen molar-refractivity contribution in [2.24, 2.45) is 0 Å². The highest BCUT2D eigenvalue weighted by Gasteiger charge is 2.27. The van der Waals surface area contributed by atoms with Gasteiger partial charge in [0.15, 0.2) is 0 Å². The van der Waals surface area contributed by atoms with Crippen LogP contribution in [0.25, 0.3) is 0 Å². The van der Waals surface area contributed by atoms with Crippen LogP contribution in [0.5, 0.6) is 0 Å². The average molecular weight is 357 g/mol. The second-order valence-electron chi connectivity index (χ2n) is 5.98. The molecule has 0 bridgehead atoms. The fourth-order valence-corrected chi connectivity index (χ4v) is 2.78. The summed E-state index contributed by atoms with van der Waals surface area (Å²) in [5.74, 6) is 0.354. The van der Waals surface area contributed by atoms with Crippen LogP contribution in [-0.2, 0) is 9.53 Å². The Bertz CT molecular complexity index is 895. The van der Waals surface area contributed by atoms with Crippen molar-refractivity contribution in [3.05, 3.63) is 51.8 Å². The average Bonchev–Trinajstić information content (AvgIpc) is 2.60. The Morgan fingerprint density at radius 3 is 2.92 bits per heavy atom. The maximum absolute atomic E-state index is 12.8. The van der Waals surface area contributed by atoms with Crippen molar-refractivity contribution in [1.29, 1.82) is 0 Å². The van der Waals surface area contributed by atoms with Crippen molar-refractivity contribution in [1.82, 2.24) is 19.9 Å². The number of amides is 2. The van der Waals surface area contributed by atoms with Crippen molar-refractivity contribution in [3.8, 4) is 0 Å². The first-order chi connectivity index (χ1) is 12.4. The normalized spacial score (nSPS) is 17.0. The third-order valence-corrected chi connectivity index (χ3v) is 3.87. The van der Waals surface area contributed by atoms with Gasteiger partial charge in [-0.3, -0.25) is 14.4 Å². The summed E-state index contributed by atoms with van der Waals surface area (Å²) >= 11 is 0. The highest BCUT2D eigenvalue weighted by molar-refractivity contribution is 5.96. The summed E-state index contributed by atoms with van der Waals surface area (Å²) in [5, 5.41) is 2.56. The van der Waals surface area contributed by atoms with Crippen molar-refractivity contribution in [2.75, 3.05) is 25.0 Å². The number of hydrogen-bond acceptors (Lipinski definition) is 6. The van der Waals surface area contributed by atoms with Crippen LogP contribution in [-0.4, -0.2) is 51.4 Å². The molecule has 0 saturated carbocycles. The van der Waals surface area contributed by atoms with E-state index in [4.69, 9.17) is 4.74 Å². The van der Waals surface area contributed by atoms with E-state index in [9.17, 15) is 14.4 Å². The topological polar surface area (TPSA) is 117 Å². The minimum atomic E-state index is -0.467. The van der Waals surface area contributed by atoms with Gasteiger partial charge in [-0.25, -0.2) is 9.97 Å². The first-order valence-corrected chi connectivity index (χ1v) is 8.15. The summed E-state index contributed by atoms with van der Waals surface area (Å²) in [6.07, 6.45) is 1.00. The Labute approximate surface area is 149 Å². The number of pyridine rings is 1. The van der Waals surface area contributed by atoms with Gasteiger partial charge in [-0.1, -0.05) is 0 Å². The molecule has 0 unspecified atom stereocenters. The molecule has 1 aliphatic rings. The number of H-pyrrole nitrogens is 1. The Balaban J connectivity index is 1.78. The molecule has 0 spiro atoms. The predicted octanol–water partition coefficient (Wildman–Crippen LogP) is 0.645. The molecule has 1 fully saturated rings. The van der Waals surface area contributed by atoms with Crippen LogP contribution in [0, 0.1) is 6.92 Å². The van der Waals surface area contributed by atoms with E-state index >= 15 is 0 Å². The summed E-state index contributed by atoms with van der Waals surface area (Å²) in [4.78, 5) is 48.1. The molecule has 2 amide bonds. The molecule has 3 heterocycles. The van der Waals surface area contributed by atoms with E-state index < -0.39 is 6.10 Å². The molecular weight excluding hydrogens is 338 g/mol. The minimum absolute atomic E-state index is 0.200. The van der Waals surface area contributed by atoms with E-state index in [-0.39, 0.29) is 23.9 Å². The molecule has 9 nitrogen and oxygen atoms in total. The number of nitrogens with one attached hydrogen (secondary N) is 2. The lowest BCUT2D eigenvalue weighted by Gasteiger charge is -2.32. The fraction of sp³-hybridized carbons (Fsp3) is 0.353. The van der Waals surface area contributed by atoms with Crippen LogP contribution in [0.15, 0.2) is 29.2 Å². The fourth-order valence-electron chi connectivity index (χ4n) is 2.78. The molecule has 0 radical (unpaired) electrons. The second-order valence-corrected chi connectivity index (χ2v) is 5.98. The van der Waals surface area contributed by atoms with Crippen LogP contribution < -0.4 is 10.9 Å². The van der Waals surface area contributed by atoms with E-state index in [1.54, 1.807) is 17.9 Å². The Morgan fingerprint density at radius 2 is 2.19 bits per heavy atom. The Kier molecular flexibility index (Phi) is 5.08. The summed E-state index contributed by atoms with van der Waals surface area (Å²) in [7, 11) is 0. The van der Waals surface area contributed by atoms with E-state index in [0.29, 0.717) is 36.1 Å². The molecule has 26 heavy (non-hydrogen) atoms. The smallest absolute Gasteiger partial charge is 0.254 e. The van der Waals surface area contributed by atoms with Gasteiger partial charge in [0.05, 0.1) is 18.8 Å². The molecule has 136 valence electrons. The van der Waals surface area contributed by atoms with Crippen molar-refractivity contribution >= 4 is 17.6 Å². The van der Waals surface area contributed by atoms with Gasteiger partial charge < -0.3 is 19.9 Å². The Morgan fingerprint density at radius 1 is 1.38 bits per heavy atom. The summed E-state index contributed by atoms with van der Waals surface area (Å²) in [6, 6.07) is 4.50. The predicted molar refractivity (Wildman–Crippen MR) is 92.7 cm³/mol. The molecule has 2 aromatic heterocycles. The third-order valence-electron chi connectivity index (χ3n) is 3.87. The standard InChI is InChI=1S/C17H19N5O4/c1-10-19-13(8-16(24)20-10)14-9-22(5-6-26-14)17(25)12-3-4-18-15(7-12)21-11(2)23/h3-4,7-8,14H,5-6,9H2,1-2H3,(H,18,21,23)(H,19,20,24)/t14-/m0/s1. The van der Waals surface area contributed by atoms with Crippen molar-refractivity contribution in [3.63, 3.8) is 0 Å². The number of rotatable bonds is 3. The number of ether oxygens (including phenoxy) is 1. The van der Waals surface area contributed by atoms with Gasteiger partial charge in [0, 0.05) is 31.3 Å². The quantitative estimate of drug-likeness (QED) is 0.833. The molecule has 1 saturated heterocycles. The molecular formula is C17H19N5O4. The van der Waals surface area contributed by atoms with Crippen LogP contribution in [0.2, 0.25) is 0 Å². The highest BCUT2D eigenvalue weighted by Crippen LogP contribution is 2.21. The second kappa shape index (κ2) is 7.44. The van der Waals surface area contributed by atoms with Gasteiger partial charge in [-0.05, 0) is 19.1 Å². The van der Waals surface area contributed by atoms with E-state index in [2.05, 4.69) is 20.3 Å². The first kappa shape index (κ1) is 17.7. The Hall–Kier alpha value is -3.07. The van der Waals surface area contributed by atoms with E-state index in [1.807, 2.05) is 0 Å². The lowest BCUT2D eigenvalue weighted by Crippen LogP contribution is -2.42. The lowest BCUT2D eigenvalue weighted by molar-refractivity contribution is -0.114. The number of morpholine rings is 1. The molecule has 9 heteroatoms. The van der Waals surface area contributed by atoms with Crippen LogP contribution in [0.4, 0.5) is 5.82 Å². The SMILES string of the molecule is CC(=O)Nc1cc(C(=O)N2CCO[C@H](c3cc(=O)[nH]c(C)n3)C2)ccn1. The number of carbonyl (C=O) groups is 2. The summed E-state index contributed by atoms with van der Waals surface area (Å²) in [6.45, 7) is 4.12. The van der Waals surface area contributed by atoms with Crippen LogP contribution in [0.3, 0.4) is 0 Å². The van der Waals surface area contributed by atoms with Crippen LogP contribution in [0.1, 0.15) is 34.9 Å². The zero-order valence-corrected chi connectivity index (χ0v) is 14.5. The van der Waals surface area contributed by atoms with Gasteiger partial charge in [0.1, 0.15) is 17.7 Å². The maximum atomic E-state index is 12.8. The number of carbonyl (C=O) groups excluding carboxylic acids is 2. The molecule has 0 aromatic carbocycles. The first-order valence-electron chi connectivity index (χ1n) is 8.15. The zero-order valence-electron chi connectivity index (χ0n) is 14.5. The number of nitrogens with zero attached hydrogens (tertiary/aromatic N) is 3. The highest BCUT2D eigenvalue weighted by atomic mass is 16.5. The van der Waals surface area contributed by atoms with Crippen molar-refractivity contribution in [2.45, 2.75) is 20.0 Å². The maximum Gasteiger partial charge on any atom is 0.254 e. The largest absolute Gasteiger partial charge is 0.368 e. The monoisotopic (exact) mass is 357 g/mol. The molecule has 3 rings (SSSR count). The third kappa shape index (κ3) is 4.12. The number of aromatic amines is 1. The summed E-state index contributed by atoms with van der Waals surface area (Å²) in [5.41, 5.74) is 0.658. The van der Waals surface area contributed by atoms with Crippen molar-refractivity contribution < 1.29 is 14.3 Å². The molecule has 2 aromatic rings. The molecule has 1 aliphatic heterocycles. The number of aromatic nitrogens is 3. The number of anilines is 1. The molecule has 2 N–H and O–H groups in total. The van der Waals surface area contributed by atoms with Crippen LogP contribution >= 0.6 is 0 Å². The zero-order chi connectivity index (χ0) is 18.7. The molecule has 1 atom stereocenters. The lowest BCUT2D eigenvalue weighted by atomic mass is 10.1. The number of hydrogen-bond donors (Lipinski definition) is 2. The van der Waals surface area contributed by atoms with Gasteiger partial charge in [-0.15, -0.1) is 0 Å². The molecule has 0 aliphatic carbocycles.